The van der Waals surface area contributed by atoms with Crippen molar-refractivity contribution in [3.05, 3.63) is 28.6 Å². The number of benzene rings is 1. The number of fused-ring (bicyclic) bond motifs is 1. The maximum absolute atomic E-state index is 10.8. The average molecular weight is 206 g/mol. The van der Waals surface area contributed by atoms with Gasteiger partial charge in [-0.05, 0) is 19.1 Å². The lowest BCUT2D eigenvalue weighted by Gasteiger charge is -1.98. The van der Waals surface area contributed by atoms with Crippen molar-refractivity contribution >= 4 is 27.7 Å². The van der Waals surface area contributed by atoms with Gasteiger partial charge < -0.3 is 4.74 Å². The lowest BCUT2D eigenvalue weighted by Crippen LogP contribution is -1.84. The van der Waals surface area contributed by atoms with E-state index in [0.717, 1.165) is 16.4 Å². The van der Waals surface area contributed by atoms with Crippen molar-refractivity contribution in [1.29, 1.82) is 0 Å². The minimum atomic E-state index is 0.660. The Morgan fingerprint density at radius 2 is 2.21 bits per heavy atom. The number of aldehydes is 1. The van der Waals surface area contributed by atoms with Gasteiger partial charge in [0.25, 0.3) is 0 Å². The minimum absolute atomic E-state index is 0.660. The van der Waals surface area contributed by atoms with E-state index >= 15 is 0 Å². The van der Waals surface area contributed by atoms with Crippen LogP contribution in [0.4, 0.5) is 0 Å². The molecule has 2 nitrogen and oxygen atoms in total. The van der Waals surface area contributed by atoms with Gasteiger partial charge in [-0.3, -0.25) is 4.79 Å². The van der Waals surface area contributed by atoms with Gasteiger partial charge in [0, 0.05) is 10.1 Å². The van der Waals surface area contributed by atoms with Gasteiger partial charge in [0.05, 0.1) is 7.11 Å². The van der Waals surface area contributed by atoms with Crippen LogP contribution in [0.1, 0.15) is 15.2 Å². The molecule has 14 heavy (non-hydrogen) atoms. The first-order valence-electron chi connectivity index (χ1n) is 4.28. The zero-order valence-electron chi connectivity index (χ0n) is 8.03. The van der Waals surface area contributed by atoms with Crippen molar-refractivity contribution in [3.63, 3.8) is 0 Å². The van der Waals surface area contributed by atoms with Gasteiger partial charge in [0.15, 0.2) is 6.29 Å². The maximum atomic E-state index is 10.8. The molecule has 2 rings (SSSR count). The van der Waals surface area contributed by atoms with E-state index in [1.165, 1.54) is 16.9 Å². The summed E-state index contributed by atoms with van der Waals surface area (Å²) in [5.74, 6) is 0.698. The summed E-state index contributed by atoms with van der Waals surface area (Å²) in [5, 5.41) is 1.03. The van der Waals surface area contributed by atoms with Crippen molar-refractivity contribution < 1.29 is 9.53 Å². The van der Waals surface area contributed by atoms with Gasteiger partial charge in [-0.1, -0.05) is 11.6 Å². The van der Waals surface area contributed by atoms with Crippen LogP contribution in [0.3, 0.4) is 0 Å². The Kier molecular flexibility index (Phi) is 2.25. The fourth-order valence-electron chi connectivity index (χ4n) is 1.50. The highest BCUT2D eigenvalue weighted by molar-refractivity contribution is 7.21. The van der Waals surface area contributed by atoms with Crippen LogP contribution in [-0.4, -0.2) is 13.4 Å². The van der Waals surface area contributed by atoms with Gasteiger partial charge >= 0.3 is 0 Å². The van der Waals surface area contributed by atoms with Crippen molar-refractivity contribution in [1.82, 2.24) is 0 Å². The first-order valence-corrected chi connectivity index (χ1v) is 5.10. The van der Waals surface area contributed by atoms with Crippen molar-refractivity contribution in [2.45, 2.75) is 6.92 Å². The predicted molar refractivity (Wildman–Crippen MR) is 58.5 cm³/mol. The third-order valence-electron chi connectivity index (χ3n) is 2.13. The Morgan fingerprint density at radius 3 is 2.86 bits per heavy atom. The largest absolute Gasteiger partial charge is 0.494 e. The van der Waals surface area contributed by atoms with Crippen molar-refractivity contribution in [2.24, 2.45) is 0 Å². The summed E-state index contributed by atoms with van der Waals surface area (Å²) in [6.45, 7) is 2.02. The van der Waals surface area contributed by atoms with Gasteiger partial charge in [0.1, 0.15) is 10.6 Å². The van der Waals surface area contributed by atoms with Crippen LogP contribution < -0.4 is 4.74 Å². The first-order chi connectivity index (χ1) is 6.76. The molecule has 3 heteroatoms. The molecule has 0 radical (unpaired) electrons. The zero-order chi connectivity index (χ0) is 10.1. The van der Waals surface area contributed by atoms with E-state index in [2.05, 4.69) is 0 Å². The zero-order valence-corrected chi connectivity index (χ0v) is 8.85. The fourth-order valence-corrected chi connectivity index (χ4v) is 2.46. The molecule has 0 aliphatic carbocycles. The monoisotopic (exact) mass is 206 g/mol. The van der Waals surface area contributed by atoms with E-state index in [1.807, 2.05) is 25.1 Å². The highest BCUT2D eigenvalue weighted by Crippen LogP contribution is 2.36. The van der Waals surface area contributed by atoms with E-state index in [4.69, 9.17) is 4.74 Å². The smallest absolute Gasteiger partial charge is 0.163 e. The molecule has 0 amide bonds. The van der Waals surface area contributed by atoms with Crippen LogP contribution in [0.5, 0.6) is 5.75 Å². The summed E-state index contributed by atoms with van der Waals surface area (Å²) in [4.78, 5) is 11.4. The molecule has 0 atom stereocenters. The van der Waals surface area contributed by atoms with E-state index in [0.29, 0.717) is 10.6 Å². The van der Waals surface area contributed by atoms with Crippen LogP contribution in [-0.2, 0) is 0 Å². The highest BCUT2D eigenvalue weighted by Gasteiger charge is 2.11. The summed E-state index contributed by atoms with van der Waals surface area (Å²) in [6, 6.07) is 6.09. The molecule has 1 heterocycles. The molecule has 0 aliphatic rings. The lowest BCUT2D eigenvalue weighted by atomic mass is 10.2. The quantitative estimate of drug-likeness (QED) is 0.706. The van der Waals surface area contributed by atoms with Crippen molar-refractivity contribution in [2.75, 3.05) is 7.11 Å². The summed E-state index contributed by atoms with van der Waals surface area (Å²) < 4.78 is 6.32. The number of thiophene rings is 1. The number of carbonyl (C=O) groups is 1. The number of methoxy groups -OCH3 is 1. The molecule has 0 saturated carbocycles. The van der Waals surface area contributed by atoms with Crippen LogP contribution in [0.2, 0.25) is 0 Å². The molecule has 0 saturated heterocycles. The van der Waals surface area contributed by atoms with Gasteiger partial charge in [-0.25, -0.2) is 0 Å². The molecule has 1 aromatic heterocycles. The Labute approximate surface area is 86.1 Å². The van der Waals surface area contributed by atoms with E-state index < -0.39 is 0 Å². The van der Waals surface area contributed by atoms with E-state index in [9.17, 15) is 4.79 Å². The molecule has 0 fully saturated rings. The van der Waals surface area contributed by atoms with Crippen LogP contribution in [0.15, 0.2) is 18.2 Å². The van der Waals surface area contributed by atoms with Gasteiger partial charge in [-0.2, -0.15) is 0 Å². The maximum Gasteiger partial charge on any atom is 0.163 e. The fraction of sp³-hybridized carbons (Fsp3) is 0.182. The average Bonchev–Trinajstić information content (AvgIpc) is 2.54. The highest BCUT2D eigenvalue weighted by atomic mass is 32.1. The van der Waals surface area contributed by atoms with Gasteiger partial charge in [-0.15, -0.1) is 11.3 Å². The Hall–Kier alpha value is -1.35. The Morgan fingerprint density at radius 1 is 1.43 bits per heavy atom. The van der Waals surface area contributed by atoms with Crippen LogP contribution in [0, 0.1) is 6.92 Å². The predicted octanol–water partition coefficient (Wildman–Crippen LogP) is 3.03. The minimum Gasteiger partial charge on any atom is -0.494 e. The number of hydrogen-bond donors (Lipinski definition) is 0. The van der Waals surface area contributed by atoms with E-state index in [1.54, 1.807) is 7.11 Å². The SMILES string of the molecule is COc1c(C=O)sc2ccc(C)cc12. The van der Waals surface area contributed by atoms with E-state index in [-0.39, 0.29) is 0 Å². The number of aryl methyl sites for hydroxylation is 1. The normalized spacial score (nSPS) is 10.4. The summed E-state index contributed by atoms with van der Waals surface area (Å²) in [6.07, 6.45) is 0.846. The summed E-state index contributed by atoms with van der Waals surface area (Å²) in [5.41, 5.74) is 1.17. The second kappa shape index (κ2) is 3.42. The molecule has 72 valence electrons. The van der Waals surface area contributed by atoms with Crippen molar-refractivity contribution in [3.8, 4) is 5.75 Å². The molecule has 0 spiro atoms. The molecule has 0 bridgehead atoms. The molecule has 1 aromatic carbocycles. The van der Waals surface area contributed by atoms with Crippen LogP contribution >= 0.6 is 11.3 Å². The molecular formula is C11H10O2S. The molecule has 0 aliphatic heterocycles. The van der Waals surface area contributed by atoms with Gasteiger partial charge in [0.2, 0.25) is 0 Å². The topological polar surface area (TPSA) is 26.3 Å². The number of ether oxygens (including phenoxy) is 1. The second-order valence-electron chi connectivity index (χ2n) is 3.12. The lowest BCUT2D eigenvalue weighted by molar-refractivity contribution is 0.112. The number of carbonyl (C=O) groups excluding carboxylic acids is 1. The molecule has 0 N–H and O–H groups in total. The first kappa shape index (κ1) is 9.21. The second-order valence-corrected chi connectivity index (χ2v) is 4.20. The molecule has 0 unspecified atom stereocenters. The number of rotatable bonds is 2. The third kappa shape index (κ3) is 1.30. The Bertz CT molecular complexity index is 485. The summed E-state index contributed by atoms with van der Waals surface area (Å²) >= 11 is 1.46. The molecule has 2 aromatic rings. The Balaban J connectivity index is 2.81. The molecular weight excluding hydrogens is 196 g/mol. The number of hydrogen-bond acceptors (Lipinski definition) is 3. The van der Waals surface area contributed by atoms with Crippen LogP contribution in [0.25, 0.3) is 10.1 Å². The standard InChI is InChI=1S/C11H10O2S/c1-7-3-4-9-8(5-7)11(13-2)10(6-12)14-9/h3-6H,1-2H3. The summed E-state index contributed by atoms with van der Waals surface area (Å²) in [7, 11) is 1.59. The third-order valence-corrected chi connectivity index (χ3v) is 3.21.